The molecule has 2 N–H and O–H groups in total. The summed E-state index contributed by atoms with van der Waals surface area (Å²) in [7, 11) is 3.17. The highest BCUT2D eigenvalue weighted by atomic mass is 35.5. The minimum Gasteiger partial charge on any atom is -0.493 e. The third-order valence-corrected chi connectivity index (χ3v) is 3.18. The lowest BCUT2D eigenvalue weighted by Crippen LogP contribution is -2.31. The minimum absolute atomic E-state index is 0. The molecule has 1 aromatic rings. The summed E-state index contributed by atoms with van der Waals surface area (Å²) in [6, 6.07) is 3.64. The second-order valence-electron chi connectivity index (χ2n) is 4.26. The average molecular weight is 288 g/mol. The molecule has 1 unspecified atom stereocenters. The van der Waals surface area contributed by atoms with Gasteiger partial charge in [-0.1, -0.05) is 0 Å². The molecule has 0 saturated carbocycles. The van der Waals surface area contributed by atoms with E-state index in [0.717, 1.165) is 24.1 Å². The smallest absolute Gasteiger partial charge is 0.305 e. The summed E-state index contributed by atoms with van der Waals surface area (Å²) in [6.07, 6.45) is 0.939. The van der Waals surface area contributed by atoms with Gasteiger partial charge in [0.15, 0.2) is 11.5 Å². The Morgan fingerprint density at radius 2 is 2.00 bits per heavy atom. The molecule has 1 aliphatic heterocycles. The van der Waals surface area contributed by atoms with Crippen LogP contribution in [0.25, 0.3) is 0 Å². The van der Waals surface area contributed by atoms with Crippen molar-refractivity contribution in [2.24, 2.45) is 0 Å². The third kappa shape index (κ3) is 3.30. The molecule has 1 heterocycles. The van der Waals surface area contributed by atoms with E-state index in [0.29, 0.717) is 11.5 Å². The first kappa shape index (κ1) is 15.6. The fourth-order valence-corrected chi connectivity index (χ4v) is 2.33. The van der Waals surface area contributed by atoms with Crippen molar-refractivity contribution in [1.29, 1.82) is 0 Å². The van der Waals surface area contributed by atoms with Crippen molar-refractivity contribution in [2.75, 3.05) is 20.8 Å². The molecule has 1 aliphatic rings. The molecule has 0 aromatic heterocycles. The van der Waals surface area contributed by atoms with Gasteiger partial charge in [-0.25, -0.2) is 0 Å². The lowest BCUT2D eigenvalue weighted by molar-refractivity contribution is -0.137. The Balaban J connectivity index is 0.00000180. The molecular weight excluding hydrogens is 270 g/mol. The van der Waals surface area contributed by atoms with Gasteiger partial charge in [0.25, 0.3) is 0 Å². The van der Waals surface area contributed by atoms with Gasteiger partial charge in [0.05, 0.1) is 20.6 Å². The van der Waals surface area contributed by atoms with Gasteiger partial charge in [-0.05, 0) is 36.2 Å². The van der Waals surface area contributed by atoms with Crippen molar-refractivity contribution in [1.82, 2.24) is 5.32 Å². The number of methoxy groups -OCH3 is 2. The molecule has 0 saturated heterocycles. The summed E-state index contributed by atoms with van der Waals surface area (Å²) in [5.74, 6) is 0.512. The van der Waals surface area contributed by atoms with Gasteiger partial charge in [0.1, 0.15) is 0 Å². The molecule has 1 aromatic carbocycles. The number of carbonyl (C=O) groups is 1. The number of ether oxygens (including phenoxy) is 2. The van der Waals surface area contributed by atoms with E-state index in [4.69, 9.17) is 14.6 Å². The predicted octanol–water partition coefficient (Wildman–Crippen LogP) is 1.79. The number of halogens is 1. The second-order valence-corrected chi connectivity index (χ2v) is 4.26. The maximum absolute atomic E-state index is 10.9. The molecule has 0 bridgehead atoms. The highest BCUT2D eigenvalue weighted by Crippen LogP contribution is 2.35. The number of aliphatic carboxylic acids is 1. The van der Waals surface area contributed by atoms with Crippen LogP contribution in [-0.2, 0) is 11.2 Å². The molecule has 0 radical (unpaired) electrons. The number of benzene rings is 1. The molecule has 0 aliphatic carbocycles. The number of hydrogen-bond acceptors (Lipinski definition) is 4. The van der Waals surface area contributed by atoms with Gasteiger partial charge < -0.3 is 19.9 Å². The molecule has 0 amide bonds. The standard InChI is InChI=1S/C13H17NO4.ClH/c1-17-11-5-8-3-4-14-10(7-13(15)16)9(8)6-12(11)18-2;/h5-6,10,14H,3-4,7H2,1-2H3,(H,15,16);1H. The summed E-state index contributed by atoms with van der Waals surface area (Å²) in [5.41, 5.74) is 2.11. The normalized spacial score (nSPS) is 17.1. The summed E-state index contributed by atoms with van der Waals surface area (Å²) < 4.78 is 10.5. The van der Waals surface area contributed by atoms with Crippen molar-refractivity contribution >= 4 is 18.4 Å². The Morgan fingerprint density at radius 1 is 1.37 bits per heavy atom. The molecule has 0 fully saturated rings. The van der Waals surface area contributed by atoms with E-state index in [9.17, 15) is 4.79 Å². The topological polar surface area (TPSA) is 67.8 Å². The maximum Gasteiger partial charge on any atom is 0.305 e. The number of rotatable bonds is 4. The van der Waals surface area contributed by atoms with Gasteiger partial charge in [0.2, 0.25) is 0 Å². The van der Waals surface area contributed by atoms with E-state index < -0.39 is 5.97 Å². The van der Waals surface area contributed by atoms with E-state index in [2.05, 4.69) is 5.32 Å². The summed E-state index contributed by atoms with van der Waals surface area (Å²) in [6.45, 7) is 0.778. The van der Waals surface area contributed by atoms with E-state index in [-0.39, 0.29) is 24.9 Å². The van der Waals surface area contributed by atoms with Crippen LogP contribution in [0.15, 0.2) is 12.1 Å². The number of carboxylic acid groups (broad SMARTS) is 1. The number of nitrogens with one attached hydrogen (secondary N) is 1. The second kappa shape index (κ2) is 6.63. The van der Waals surface area contributed by atoms with Crippen LogP contribution in [0.2, 0.25) is 0 Å². The Hall–Kier alpha value is -1.46. The largest absolute Gasteiger partial charge is 0.493 e. The Kier molecular flexibility index (Phi) is 5.44. The molecular formula is C13H18ClNO4. The van der Waals surface area contributed by atoms with Crippen LogP contribution in [0, 0.1) is 0 Å². The zero-order chi connectivity index (χ0) is 13.1. The first-order valence-corrected chi connectivity index (χ1v) is 5.85. The fraction of sp³-hybridized carbons (Fsp3) is 0.462. The van der Waals surface area contributed by atoms with Gasteiger partial charge in [-0.2, -0.15) is 0 Å². The van der Waals surface area contributed by atoms with Crippen LogP contribution in [0.3, 0.4) is 0 Å². The number of fused-ring (bicyclic) bond motifs is 1. The lowest BCUT2D eigenvalue weighted by atomic mass is 9.92. The van der Waals surface area contributed by atoms with Crippen LogP contribution in [-0.4, -0.2) is 31.8 Å². The molecule has 19 heavy (non-hydrogen) atoms. The van der Waals surface area contributed by atoms with Crippen molar-refractivity contribution < 1.29 is 19.4 Å². The van der Waals surface area contributed by atoms with Gasteiger partial charge in [-0.3, -0.25) is 4.79 Å². The zero-order valence-corrected chi connectivity index (χ0v) is 11.8. The van der Waals surface area contributed by atoms with E-state index >= 15 is 0 Å². The summed E-state index contributed by atoms with van der Waals surface area (Å²) in [4.78, 5) is 10.9. The number of carboxylic acids is 1. The zero-order valence-electron chi connectivity index (χ0n) is 10.9. The minimum atomic E-state index is -0.810. The Morgan fingerprint density at radius 3 is 2.58 bits per heavy atom. The van der Waals surface area contributed by atoms with Crippen LogP contribution in [0.1, 0.15) is 23.6 Å². The summed E-state index contributed by atoms with van der Waals surface area (Å²) in [5, 5.41) is 12.1. The van der Waals surface area contributed by atoms with Crippen LogP contribution in [0.5, 0.6) is 11.5 Å². The molecule has 1 atom stereocenters. The molecule has 106 valence electrons. The molecule has 5 nitrogen and oxygen atoms in total. The van der Waals surface area contributed by atoms with Gasteiger partial charge >= 0.3 is 5.97 Å². The monoisotopic (exact) mass is 287 g/mol. The fourth-order valence-electron chi connectivity index (χ4n) is 2.33. The van der Waals surface area contributed by atoms with Crippen LogP contribution >= 0.6 is 12.4 Å². The van der Waals surface area contributed by atoms with Gasteiger partial charge in [0, 0.05) is 6.04 Å². The van der Waals surface area contributed by atoms with Gasteiger partial charge in [-0.15, -0.1) is 12.4 Å². The predicted molar refractivity (Wildman–Crippen MR) is 73.5 cm³/mol. The molecule has 2 rings (SSSR count). The van der Waals surface area contributed by atoms with Crippen LogP contribution < -0.4 is 14.8 Å². The van der Waals surface area contributed by atoms with Crippen molar-refractivity contribution in [3.05, 3.63) is 23.3 Å². The van der Waals surface area contributed by atoms with E-state index in [1.807, 2.05) is 12.1 Å². The molecule has 6 heteroatoms. The average Bonchev–Trinajstić information content (AvgIpc) is 2.37. The van der Waals surface area contributed by atoms with E-state index in [1.165, 1.54) is 0 Å². The quantitative estimate of drug-likeness (QED) is 0.884. The van der Waals surface area contributed by atoms with Crippen LogP contribution in [0.4, 0.5) is 0 Å². The first-order chi connectivity index (χ1) is 8.65. The van der Waals surface area contributed by atoms with Crippen molar-refractivity contribution in [3.63, 3.8) is 0 Å². The highest BCUT2D eigenvalue weighted by Gasteiger charge is 2.24. The Labute approximate surface area is 118 Å². The lowest BCUT2D eigenvalue weighted by Gasteiger charge is -2.27. The molecule has 0 spiro atoms. The van der Waals surface area contributed by atoms with Crippen molar-refractivity contribution in [2.45, 2.75) is 18.9 Å². The first-order valence-electron chi connectivity index (χ1n) is 5.85. The SMILES string of the molecule is COc1cc2c(cc1OC)C(CC(=O)O)NCC2.Cl. The number of hydrogen-bond donors (Lipinski definition) is 2. The highest BCUT2D eigenvalue weighted by molar-refractivity contribution is 5.85. The third-order valence-electron chi connectivity index (χ3n) is 3.18. The maximum atomic E-state index is 10.9. The summed E-state index contributed by atoms with van der Waals surface area (Å²) >= 11 is 0. The van der Waals surface area contributed by atoms with Crippen molar-refractivity contribution in [3.8, 4) is 11.5 Å². The van der Waals surface area contributed by atoms with E-state index in [1.54, 1.807) is 14.2 Å². The Bertz CT molecular complexity index is 464.